The number of aryl methyl sites for hydroxylation is 1. The Balaban J connectivity index is 1.89. The molecule has 0 saturated heterocycles. The highest BCUT2D eigenvalue weighted by atomic mass is 16.5. The Bertz CT molecular complexity index is 670. The van der Waals surface area contributed by atoms with Crippen LogP contribution in [0.2, 0.25) is 0 Å². The fourth-order valence-electron chi connectivity index (χ4n) is 2.65. The summed E-state index contributed by atoms with van der Waals surface area (Å²) in [5.74, 6) is 0.425. The number of nitrogens with zero attached hydrogens (tertiary/aromatic N) is 2. The summed E-state index contributed by atoms with van der Waals surface area (Å²) in [6.07, 6.45) is 5.46. The van der Waals surface area contributed by atoms with Crippen molar-refractivity contribution in [1.29, 1.82) is 0 Å². The maximum atomic E-state index is 12.5. The molecule has 1 aromatic carbocycles. The van der Waals surface area contributed by atoms with Gasteiger partial charge in [-0.1, -0.05) is 12.1 Å². The Morgan fingerprint density at radius 3 is 2.86 bits per heavy atom. The number of amides is 1. The molecule has 1 aromatic heterocycles. The minimum Gasteiger partial charge on any atom is -0.495 e. The third kappa shape index (κ3) is 2.72. The third-order valence-electron chi connectivity index (χ3n) is 3.70. The van der Waals surface area contributed by atoms with Gasteiger partial charge in [-0.15, -0.1) is 0 Å². The average molecular weight is 283 g/mol. The zero-order chi connectivity index (χ0) is 14.7. The summed E-state index contributed by atoms with van der Waals surface area (Å²) >= 11 is 0. The smallest absolute Gasteiger partial charge is 0.274 e. The first-order valence-corrected chi connectivity index (χ1v) is 7.06. The van der Waals surface area contributed by atoms with Crippen LogP contribution in [-0.2, 0) is 12.8 Å². The average Bonchev–Trinajstić information content (AvgIpc) is 2.54. The van der Waals surface area contributed by atoms with Crippen LogP contribution in [0.5, 0.6) is 5.75 Å². The van der Waals surface area contributed by atoms with Crippen molar-refractivity contribution in [3.05, 3.63) is 47.5 Å². The molecule has 1 heterocycles. The number of nitrogens with one attached hydrogen (secondary N) is 1. The molecule has 1 aliphatic rings. The second-order valence-electron chi connectivity index (χ2n) is 5.01. The topological polar surface area (TPSA) is 64.1 Å². The lowest BCUT2D eigenvalue weighted by Gasteiger charge is -2.17. The van der Waals surface area contributed by atoms with E-state index >= 15 is 0 Å². The summed E-state index contributed by atoms with van der Waals surface area (Å²) in [7, 11) is 1.58. The molecule has 3 rings (SSSR count). The molecular weight excluding hydrogens is 266 g/mol. The van der Waals surface area contributed by atoms with Gasteiger partial charge < -0.3 is 10.1 Å². The molecule has 0 aliphatic heterocycles. The van der Waals surface area contributed by atoms with Crippen molar-refractivity contribution >= 4 is 11.6 Å². The molecule has 0 bridgehead atoms. The molecule has 2 aromatic rings. The van der Waals surface area contributed by atoms with Crippen molar-refractivity contribution in [1.82, 2.24) is 9.97 Å². The molecule has 0 atom stereocenters. The predicted octanol–water partition coefficient (Wildman–Crippen LogP) is 2.62. The van der Waals surface area contributed by atoms with Gasteiger partial charge in [0.25, 0.3) is 5.91 Å². The molecule has 0 radical (unpaired) electrons. The molecule has 0 fully saturated rings. The number of para-hydroxylation sites is 2. The number of methoxy groups -OCH3 is 1. The zero-order valence-corrected chi connectivity index (χ0v) is 11.9. The first-order valence-electron chi connectivity index (χ1n) is 7.06. The lowest BCUT2D eigenvalue weighted by atomic mass is 9.94. The molecule has 0 unspecified atom stereocenters. The van der Waals surface area contributed by atoms with Gasteiger partial charge in [-0.3, -0.25) is 4.79 Å². The Kier molecular flexibility index (Phi) is 3.81. The fraction of sp³-hybridized carbons (Fsp3) is 0.312. The highest BCUT2D eigenvalue weighted by molar-refractivity contribution is 6.04. The Morgan fingerprint density at radius 1 is 1.19 bits per heavy atom. The van der Waals surface area contributed by atoms with E-state index in [0.717, 1.165) is 36.9 Å². The Labute approximate surface area is 123 Å². The Hall–Kier alpha value is -2.43. The standard InChI is InChI=1S/C16H17N3O2/c1-21-14-9-5-4-8-13(14)19-16(20)15-11-6-2-3-7-12(11)17-10-18-15/h4-5,8-10H,2-3,6-7H2,1H3,(H,19,20). The SMILES string of the molecule is COc1ccccc1NC(=O)c1ncnc2c1CCCC2. The molecule has 0 saturated carbocycles. The van der Waals surface area contributed by atoms with Crippen LogP contribution in [0.15, 0.2) is 30.6 Å². The molecule has 5 nitrogen and oxygen atoms in total. The number of aromatic nitrogens is 2. The number of ether oxygens (including phenoxy) is 1. The van der Waals surface area contributed by atoms with Crippen LogP contribution in [0.25, 0.3) is 0 Å². The third-order valence-corrected chi connectivity index (χ3v) is 3.70. The van der Waals surface area contributed by atoms with Gasteiger partial charge in [0.2, 0.25) is 0 Å². The number of anilines is 1. The van der Waals surface area contributed by atoms with Gasteiger partial charge in [-0.2, -0.15) is 0 Å². The van der Waals surface area contributed by atoms with Crippen LogP contribution in [-0.4, -0.2) is 23.0 Å². The van der Waals surface area contributed by atoms with E-state index in [4.69, 9.17) is 4.74 Å². The number of hydrogen-bond acceptors (Lipinski definition) is 4. The number of fused-ring (bicyclic) bond motifs is 1. The summed E-state index contributed by atoms with van der Waals surface area (Å²) in [6, 6.07) is 7.34. The number of hydrogen-bond donors (Lipinski definition) is 1. The predicted molar refractivity (Wildman–Crippen MR) is 79.6 cm³/mol. The summed E-state index contributed by atoms with van der Waals surface area (Å²) in [4.78, 5) is 21.0. The summed E-state index contributed by atoms with van der Waals surface area (Å²) in [6.45, 7) is 0. The van der Waals surface area contributed by atoms with E-state index in [0.29, 0.717) is 17.1 Å². The van der Waals surface area contributed by atoms with Crippen LogP contribution < -0.4 is 10.1 Å². The number of carbonyl (C=O) groups excluding carboxylic acids is 1. The summed E-state index contributed by atoms with van der Waals surface area (Å²) in [5.41, 5.74) is 3.11. The van der Waals surface area contributed by atoms with Crippen molar-refractivity contribution in [2.24, 2.45) is 0 Å². The monoisotopic (exact) mass is 283 g/mol. The van der Waals surface area contributed by atoms with Crippen molar-refractivity contribution in [2.45, 2.75) is 25.7 Å². The van der Waals surface area contributed by atoms with Crippen molar-refractivity contribution in [3.63, 3.8) is 0 Å². The van der Waals surface area contributed by atoms with Crippen LogP contribution in [0.1, 0.15) is 34.6 Å². The van der Waals surface area contributed by atoms with E-state index in [-0.39, 0.29) is 5.91 Å². The molecule has 1 N–H and O–H groups in total. The molecule has 1 aliphatic carbocycles. The maximum Gasteiger partial charge on any atom is 0.274 e. The molecular formula is C16H17N3O2. The van der Waals surface area contributed by atoms with Gasteiger partial charge in [-0.05, 0) is 37.8 Å². The fourth-order valence-corrected chi connectivity index (χ4v) is 2.65. The lowest BCUT2D eigenvalue weighted by Crippen LogP contribution is -2.20. The zero-order valence-electron chi connectivity index (χ0n) is 11.9. The van der Waals surface area contributed by atoms with Gasteiger partial charge >= 0.3 is 0 Å². The number of carbonyl (C=O) groups is 1. The van der Waals surface area contributed by atoms with Crippen molar-refractivity contribution in [2.75, 3.05) is 12.4 Å². The molecule has 1 amide bonds. The summed E-state index contributed by atoms with van der Waals surface area (Å²) < 4.78 is 5.25. The second-order valence-corrected chi connectivity index (χ2v) is 5.01. The molecule has 5 heteroatoms. The van der Waals surface area contributed by atoms with Gasteiger partial charge in [0.1, 0.15) is 17.8 Å². The van der Waals surface area contributed by atoms with Crippen LogP contribution in [0.4, 0.5) is 5.69 Å². The van der Waals surface area contributed by atoms with Crippen molar-refractivity contribution in [3.8, 4) is 5.75 Å². The molecule has 108 valence electrons. The first-order chi connectivity index (χ1) is 10.3. The largest absolute Gasteiger partial charge is 0.495 e. The van der Waals surface area contributed by atoms with Gasteiger partial charge in [0.15, 0.2) is 0 Å². The van der Waals surface area contributed by atoms with Crippen LogP contribution >= 0.6 is 0 Å². The van der Waals surface area contributed by atoms with Crippen LogP contribution in [0, 0.1) is 0 Å². The number of benzene rings is 1. The Morgan fingerprint density at radius 2 is 2.00 bits per heavy atom. The van der Waals surface area contributed by atoms with E-state index < -0.39 is 0 Å². The van der Waals surface area contributed by atoms with E-state index in [1.54, 1.807) is 7.11 Å². The van der Waals surface area contributed by atoms with Crippen LogP contribution in [0.3, 0.4) is 0 Å². The highest BCUT2D eigenvalue weighted by Gasteiger charge is 2.20. The number of rotatable bonds is 3. The van der Waals surface area contributed by atoms with Gasteiger partial charge in [0, 0.05) is 11.3 Å². The van der Waals surface area contributed by atoms with Gasteiger partial charge in [0.05, 0.1) is 12.8 Å². The minimum absolute atomic E-state index is 0.208. The maximum absolute atomic E-state index is 12.5. The quantitative estimate of drug-likeness (QED) is 0.940. The second kappa shape index (κ2) is 5.91. The van der Waals surface area contributed by atoms with E-state index in [1.165, 1.54) is 6.33 Å². The highest BCUT2D eigenvalue weighted by Crippen LogP contribution is 2.25. The molecule has 21 heavy (non-hydrogen) atoms. The van der Waals surface area contributed by atoms with E-state index in [1.807, 2.05) is 24.3 Å². The normalized spacial score (nSPS) is 13.4. The lowest BCUT2D eigenvalue weighted by molar-refractivity contribution is 0.102. The molecule has 0 spiro atoms. The van der Waals surface area contributed by atoms with Gasteiger partial charge in [-0.25, -0.2) is 9.97 Å². The summed E-state index contributed by atoms with van der Waals surface area (Å²) in [5, 5.41) is 2.87. The van der Waals surface area contributed by atoms with E-state index in [9.17, 15) is 4.79 Å². The first kappa shape index (κ1) is 13.5. The minimum atomic E-state index is -0.208. The van der Waals surface area contributed by atoms with E-state index in [2.05, 4.69) is 15.3 Å². The van der Waals surface area contributed by atoms with Crippen molar-refractivity contribution < 1.29 is 9.53 Å².